The highest BCUT2D eigenvalue weighted by Gasteiger charge is 2.22. The van der Waals surface area contributed by atoms with E-state index >= 15 is 0 Å². The van der Waals surface area contributed by atoms with Crippen LogP contribution in [0.1, 0.15) is 18.9 Å². The molecule has 1 fully saturated rings. The van der Waals surface area contributed by atoms with Crippen molar-refractivity contribution in [2.45, 2.75) is 25.9 Å². The van der Waals surface area contributed by atoms with Crippen LogP contribution in [0.25, 0.3) is 0 Å². The summed E-state index contributed by atoms with van der Waals surface area (Å²) < 4.78 is 9.34. The van der Waals surface area contributed by atoms with Crippen LogP contribution in [0.4, 0.5) is 0 Å². The molecule has 1 aliphatic rings. The standard InChI is InChI=1S/C9H10O2.C4H8O2/c10-8-3-1-7(2-4-8)5-9-6-11-9;1-3-4(5)6-2/h1-4,9-10H,5-6H2;3H2,1-2H3. The van der Waals surface area contributed by atoms with E-state index in [1.807, 2.05) is 12.1 Å². The SMILES string of the molecule is CCC(=O)OC.Oc1ccc(CC2CO2)cc1. The highest BCUT2D eigenvalue weighted by Crippen LogP contribution is 2.17. The Kier molecular flexibility index (Phi) is 5.49. The first-order valence-electron chi connectivity index (χ1n) is 5.62. The van der Waals surface area contributed by atoms with Gasteiger partial charge in [-0.15, -0.1) is 0 Å². The number of hydrogen-bond acceptors (Lipinski definition) is 4. The van der Waals surface area contributed by atoms with E-state index in [4.69, 9.17) is 9.84 Å². The molecule has 1 aromatic carbocycles. The lowest BCUT2D eigenvalue weighted by molar-refractivity contribution is -0.140. The van der Waals surface area contributed by atoms with Gasteiger partial charge in [-0.25, -0.2) is 0 Å². The lowest BCUT2D eigenvalue weighted by Gasteiger charge is -1.96. The predicted octanol–water partition coefficient (Wildman–Crippen LogP) is 1.90. The average molecular weight is 238 g/mol. The van der Waals surface area contributed by atoms with Crippen molar-refractivity contribution in [2.24, 2.45) is 0 Å². The first-order valence-corrected chi connectivity index (χ1v) is 5.62. The number of aromatic hydroxyl groups is 1. The smallest absolute Gasteiger partial charge is 0.305 e. The number of carbonyl (C=O) groups is 1. The fourth-order valence-electron chi connectivity index (χ4n) is 1.23. The van der Waals surface area contributed by atoms with Gasteiger partial charge in [-0.3, -0.25) is 4.79 Å². The zero-order valence-corrected chi connectivity index (χ0v) is 10.2. The number of epoxide rings is 1. The third kappa shape index (κ3) is 5.92. The molecule has 4 nitrogen and oxygen atoms in total. The van der Waals surface area contributed by atoms with Crippen LogP contribution in [0.5, 0.6) is 5.75 Å². The van der Waals surface area contributed by atoms with Gasteiger partial charge in [0.15, 0.2) is 0 Å². The van der Waals surface area contributed by atoms with E-state index in [1.54, 1.807) is 19.1 Å². The number of phenols is 1. The van der Waals surface area contributed by atoms with Crippen LogP contribution < -0.4 is 0 Å². The molecule has 1 aromatic rings. The van der Waals surface area contributed by atoms with Crippen molar-refractivity contribution >= 4 is 5.97 Å². The highest BCUT2D eigenvalue weighted by molar-refractivity contribution is 5.68. The van der Waals surface area contributed by atoms with Gasteiger partial charge in [0, 0.05) is 12.8 Å². The second-order valence-electron chi connectivity index (χ2n) is 3.76. The summed E-state index contributed by atoms with van der Waals surface area (Å²) in [5.74, 6) is 0.167. The van der Waals surface area contributed by atoms with Crippen molar-refractivity contribution in [2.75, 3.05) is 13.7 Å². The molecule has 1 unspecified atom stereocenters. The molecule has 0 aromatic heterocycles. The van der Waals surface area contributed by atoms with E-state index in [0.717, 1.165) is 13.0 Å². The Morgan fingerprint density at radius 1 is 1.47 bits per heavy atom. The van der Waals surface area contributed by atoms with Gasteiger partial charge < -0.3 is 14.6 Å². The van der Waals surface area contributed by atoms with E-state index in [9.17, 15) is 4.79 Å². The van der Waals surface area contributed by atoms with Gasteiger partial charge in [0.25, 0.3) is 0 Å². The van der Waals surface area contributed by atoms with E-state index in [0.29, 0.717) is 18.3 Å². The number of benzene rings is 1. The average Bonchev–Trinajstić information content (AvgIpc) is 3.16. The third-order valence-corrected chi connectivity index (χ3v) is 2.32. The van der Waals surface area contributed by atoms with Crippen molar-refractivity contribution in [3.63, 3.8) is 0 Å². The summed E-state index contributed by atoms with van der Waals surface area (Å²) in [7, 11) is 1.38. The van der Waals surface area contributed by atoms with Crippen molar-refractivity contribution in [1.82, 2.24) is 0 Å². The molecule has 0 saturated carbocycles. The molecule has 1 saturated heterocycles. The molecule has 2 rings (SSSR count). The summed E-state index contributed by atoms with van der Waals surface area (Å²) in [6, 6.07) is 7.27. The first-order chi connectivity index (χ1) is 8.15. The number of rotatable bonds is 3. The fraction of sp³-hybridized carbons (Fsp3) is 0.462. The molecule has 0 spiro atoms. The van der Waals surface area contributed by atoms with Crippen molar-refractivity contribution < 1.29 is 19.4 Å². The van der Waals surface area contributed by atoms with Crippen molar-refractivity contribution in [3.05, 3.63) is 29.8 Å². The molecule has 1 N–H and O–H groups in total. The van der Waals surface area contributed by atoms with Crippen LogP contribution >= 0.6 is 0 Å². The fourth-order valence-corrected chi connectivity index (χ4v) is 1.23. The molecule has 94 valence electrons. The summed E-state index contributed by atoms with van der Waals surface area (Å²) in [6.07, 6.45) is 1.87. The Bertz CT molecular complexity index is 335. The van der Waals surface area contributed by atoms with E-state index in [-0.39, 0.29) is 5.97 Å². The first kappa shape index (κ1) is 13.5. The summed E-state index contributed by atoms with van der Waals surface area (Å²) in [5, 5.41) is 8.98. The minimum Gasteiger partial charge on any atom is -0.508 e. The van der Waals surface area contributed by atoms with Gasteiger partial charge >= 0.3 is 5.97 Å². The summed E-state index contributed by atoms with van der Waals surface area (Å²) in [4.78, 5) is 9.96. The summed E-state index contributed by atoms with van der Waals surface area (Å²) >= 11 is 0. The molecule has 17 heavy (non-hydrogen) atoms. The molecular weight excluding hydrogens is 220 g/mol. The maximum Gasteiger partial charge on any atom is 0.305 e. The number of phenolic OH excluding ortho intramolecular Hbond substituents is 1. The molecular formula is C13H18O4. The molecule has 1 aliphatic heterocycles. The second-order valence-corrected chi connectivity index (χ2v) is 3.76. The topological polar surface area (TPSA) is 59.1 Å². The number of ether oxygens (including phenoxy) is 2. The lowest BCUT2D eigenvalue weighted by atomic mass is 10.1. The number of carbonyl (C=O) groups excluding carboxylic acids is 1. The van der Waals surface area contributed by atoms with Gasteiger partial charge in [-0.2, -0.15) is 0 Å². The Labute approximate surface area is 101 Å². The number of methoxy groups -OCH3 is 1. The zero-order valence-electron chi connectivity index (χ0n) is 10.2. The second kappa shape index (κ2) is 6.91. The molecule has 0 bridgehead atoms. The molecule has 1 atom stereocenters. The van der Waals surface area contributed by atoms with Gasteiger partial charge in [0.2, 0.25) is 0 Å². The molecule has 0 amide bonds. The van der Waals surface area contributed by atoms with E-state index < -0.39 is 0 Å². The zero-order chi connectivity index (χ0) is 12.7. The largest absolute Gasteiger partial charge is 0.508 e. The van der Waals surface area contributed by atoms with Gasteiger partial charge in [0.05, 0.1) is 19.8 Å². The minimum atomic E-state index is -0.157. The summed E-state index contributed by atoms with van der Waals surface area (Å²) in [5.41, 5.74) is 1.23. The van der Waals surface area contributed by atoms with Crippen LogP contribution in [0.3, 0.4) is 0 Å². The van der Waals surface area contributed by atoms with E-state index in [1.165, 1.54) is 12.7 Å². The van der Waals surface area contributed by atoms with Crippen molar-refractivity contribution in [1.29, 1.82) is 0 Å². The lowest BCUT2D eigenvalue weighted by Crippen LogP contribution is -1.94. The van der Waals surface area contributed by atoms with Gasteiger partial charge in [0.1, 0.15) is 5.75 Å². The molecule has 0 aliphatic carbocycles. The van der Waals surface area contributed by atoms with E-state index in [2.05, 4.69) is 4.74 Å². The number of esters is 1. The van der Waals surface area contributed by atoms with Crippen LogP contribution in [0.2, 0.25) is 0 Å². The van der Waals surface area contributed by atoms with Crippen molar-refractivity contribution in [3.8, 4) is 5.75 Å². The molecule has 4 heteroatoms. The van der Waals surface area contributed by atoms with Crippen LogP contribution in [-0.4, -0.2) is 30.9 Å². The maximum absolute atomic E-state index is 9.96. The van der Waals surface area contributed by atoms with Crippen LogP contribution in [0.15, 0.2) is 24.3 Å². The van der Waals surface area contributed by atoms with Crippen LogP contribution in [-0.2, 0) is 20.7 Å². The predicted molar refractivity (Wildman–Crippen MR) is 63.9 cm³/mol. The molecule has 1 heterocycles. The maximum atomic E-state index is 9.96. The molecule has 0 radical (unpaired) electrons. The normalized spacial score (nSPS) is 16.7. The Balaban J connectivity index is 0.000000209. The third-order valence-electron chi connectivity index (χ3n) is 2.32. The Hall–Kier alpha value is -1.55. The van der Waals surface area contributed by atoms with Crippen LogP contribution in [0, 0.1) is 0 Å². The van der Waals surface area contributed by atoms with Gasteiger partial charge in [-0.05, 0) is 17.7 Å². The van der Waals surface area contributed by atoms with Gasteiger partial charge in [-0.1, -0.05) is 19.1 Å². The minimum absolute atomic E-state index is 0.157. The summed E-state index contributed by atoms with van der Waals surface area (Å²) in [6.45, 7) is 2.65. The monoisotopic (exact) mass is 238 g/mol. The quantitative estimate of drug-likeness (QED) is 0.645. The Morgan fingerprint density at radius 2 is 2.06 bits per heavy atom. The number of hydrogen-bond donors (Lipinski definition) is 1. The Morgan fingerprint density at radius 3 is 2.41 bits per heavy atom. The highest BCUT2D eigenvalue weighted by atomic mass is 16.6.